The third-order valence-corrected chi connectivity index (χ3v) is 5.61. The monoisotopic (exact) mass is 316 g/mol. The normalized spacial score (nSPS) is 11.4. The third-order valence-electron chi connectivity index (χ3n) is 3.57. The van der Waals surface area contributed by atoms with E-state index in [-0.39, 0.29) is 4.75 Å². The Labute approximate surface area is 130 Å². The Morgan fingerprint density at radius 2 is 2.05 bits per heavy atom. The number of hydrogen-bond acceptors (Lipinski definition) is 3. The minimum absolute atomic E-state index is 0.232. The van der Waals surface area contributed by atoms with Crippen LogP contribution in [0.5, 0.6) is 0 Å². The molecular weight excluding hydrogens is 296 g/mol. The molecule has 0 saturated carbocycles. The lowest BCUT2D eigenvalue weighted by atomic mass is 10.0. The lowest BCUT2D eigenvalue weighted by Gasteiger charge is -2.30. The average molecular weight is 317 g/mol. The summed E-state index contributed by atoms with van der Waals surface area (Å²) in [5.41, 5.74) is 7.51. The molecule has 106 valence electrons. The molecule has 19 heavy (non-hydrogen) atoms. The van der Waals surface area contributed by atoms with Crippen molar-refractivity contribution in [3.63, 3.8) is 0 Å². The van der Waals surface area contributed by atoms with Crippen molar-refractivity contribution in [1.82, 2.24) is 0 Å². The highest BCUT2D eigenvalue weighted by Crippen LogP contribution is 2.31. The van der Waals surface area contributed by atoms with Crippen molar-refractivity contribution in [1.29, 1.82) is 0 Å². The molecule has 1 aromatic rings. The van der Waals surface area contributed by atoms with Crippen LogP contribution in [0.15, 0.2) is 18.2 Å². The zero-order valence-electron chi connectivity index (χ0n) is 11.6. The molecule has 0 amide bonds. The Kier molecular flexibility index (Phi) is 6.43. The van der Waals surface area contributed by atoms with E-state index in [0.29, 0.717) is 10.0 Å². The van der Waals surface area contributed by atoms with Crippen LogP contribution in [0.2, 0.25) is 5.02 Å². The summed E-state index contributed by atoms with van der Waals surface area (Å²) in [7, 11) is 0. The van der Waals surface area contributed by atoms with Gasteiger partial charge in [0.1, 0.15) is 4.99 Å². The van der Waals surface area contributed by atoms with Gasteiger partial charge in [-0.3, -0.25) is 0 Å². The number of rotatable bonds is 7. The van der Waals surface area contributed by atoms with E-state index >= 15 is 0 Å². The molecule has 0 unspecified atom stereocenters. The van der Waals surface area contributed by atoms with Gasteiger partial charge in [-0.25, -0.2) is 0 Å². The van der Waals surface area contributed by atoms with Crippen molar-refractivity contribution >= 4 is 46.3 Å². The van der Waals surface area contributed by atoms with Crippen LogP contribution in [-0.4, -0.2) is 22.5 Å². The van der Waals surface area contributed by atoms with Crippen LogP contribution in [-0.2, 0) is 0 Å². The second-order valence-electron chi connectivity index (χ2n) is 4.50. The highest BCUT2D eigenvalue weighted by Gasteiger charge is 2.24. The number of benzene rings is 1. The van der Waals surface area contributed by atoms with E-state index in [2.05, 4.69) is 25.4 Å². The van der Waals surface area contributed by atoms with Crippen LogP contribution in [0, 0.1) is 0 Å². The van der Waals surface area contributed by atoms with E-state index in [4.69, 9.17) is 29.6 Å². The Morgan fingerprint density at radius 3 is 2.53 bits per heavy atom. The molecule has 0 aromatic heterocycles. The molecule has 0 atom stereocenters. The summed E-state index contributed by atoms with van der Waals surface area (Å²) >= 11 is 13.0. The Morgan fingerprint density at radius 1 is 1.42 bits per heavy atom. The first kappa shape index (κ1) is 16.6. The van der Waals surface area contributed by atoms with Crippen molar-refractivity contribution in [2.75, 3.05) is 18.1 Å². The summed E-state index contributed by atoms with van der Waals surface area (Å²) in [6.07, 6.45) is 4.38. The van der Waals surface area contributed by atoms with E-state index in [0.717, 1.165) is 30.6 Å². The van der Waals surface area contributed by atoms with E-state index in [1.54, 1.807) is 0 Å². The molecule has 1 aromatic carbocycles. The van der Waals surface area contributed by atoms with Crippen molar-refractivity contribution in [3.8, 4) is 0 Å². The lowest BCUT2D eigenvalue weighted by molar-refractivity contribution is 0.575. The summed E-state index contributed by atoms with van der Waals surface area (Å²) in [6, 6.07) is 5.56. The molecule has 0 aliphatic heterocycles. The predicted molar refractivity (Wildman–Crippen MR) is 92.7 cm³/mol. The quantitative estimate of drug-likeness (QED) is 0.735. The molecule has 0 radical (unpaired) electrons. The summed E-state index contributed by atoms with van der Waals surface area (Å²) in [4.78, 5) is 0.391. The second-order valence-corrected chi connectivity index (χ2v) is 6.65. The molecule has 1 rings (SSSR count). The van der Waals surface area contributed by atoms with Gasteiger partial charge in [0, 0.05) is 27.6 Å². The summed E-state index contributed by atoms with van der Waals surface area (Å²) in [6.45, 7) is 5.30. The molecule has 0 aliphatic rings. The van der Waals surface area contributed by atoms with E-state index in [9.17, 15) is 0 Å². The SMILES string of the molecule is CCC(CC)(CNc1cc(Cl)ccc1C(N)=S)SC. The van der Waals surface area contributed by atoms with Crippen LogP contribution >= 0.6 is 35.6 Å². The number of nitrogens with two attached hydrogens (primary N) is 1. The lowest BCUT2D eigenvalue weighted by Crippen LogP contribution is -2.32. The van der Waals surface area contributed by atoms with Crippen LogP contribution < -0.4 is 11.1 Å². The number of halogens is 1. The van der Waals surface area contributed by atoms with Crippen molar-refractivity contribution < 1.29 is 0 Å². The van der Waals surface area contributed by atoms with Crippen molar-refractivity contribution in [3.05, 3.63) is 28.8 Å². The Hall–Kier alpha value is -0.450. The number of thioether (sulfide) groups is 1. The fourth-order valence-electron chi connectivity index (χ4n) is 1.99. The predicted octanol–water partition coefficient (Wildman–Crippen LogP) is 4.31. The maximum absolute atomic E-state index is 6.04. The fraction of sp³-hybridized carbons (Fsp3) is 0.500. The first-order valence-electron chi connectivity index (χ1n) is 6.36. The van der Waals surface area contributed by atoms with Crippen LogP contribution in [0.3, 0.4) is 0 Å². The minimum Gasteiger partial charge on any atom is -0.389 e. The number of anilines is 1. The molecule has 3 N–H and O–H groups in total. The standard InChI is InChI=1S/C14H21ClN2S2/c1-4-14(5-2,19-3)9-17-12-8-10(15)6-7-11(12)13(16)18/h6-8,17H,4-5,9H2,1-3H3,(H2,16,18). The van der Waals surface area contributed by atoms with Crippen molar-refractivity contribution in [2.24, 2.45) is 5.73 Å². The van der Waals surface area contributed by atoms with Gasteiger partial charge in [-0.2, -0.15) is 11.8 Å². The maximum atomic E-state index is 6.04. The van der Waals surface area contributed by atoms with Crippen LogP contribution in [0.1, 0.15) is 32.3 Å². The first-order valence-corrected chi connectivity index (χ1v) is 8.37. The van der Waals surface area contributed by atoms with Gasteiger partial charge >= 0.3 is 0 Å². The molecule has 5 heteroatoms. The molecule has 0 fully saturated rings. The summed E-state index contributed by atoms with van der Waals surface area (Å²) < 4.78 is 0.232. The molecule has 0 saturated heterocycles. The van der Waals surface area contributed by atoms with Crippen molar-refractivity contribution in [2.45, 2.75) is 31.4 Å². The maximum Gasteiger partial charge on any atom is 0.106 e. The number of thiocarbonyl (C=S) groups is 1. The largest absolute Gasteiger partial charge is 0.389 e. The van der Waals surface area contributed by atoms with Gasteiger partial charge in [0.25, 0.3) is 0 Å². The zero-order valence-corrected chi connectivity index (χ0v) is 14.0. The van der Waals surface area contributed by atoms with E-state index in [1.165, 1.54) is 0 Å². The smallest absolute Gasteiger partial charge is 0.106 e. The van der Waals surface area contributed by atoms with Gasteiger partial charge in [0.15, 0.2) is 0 Å². The highest BCUT2D eigenvalue weighted by atomic mass is 35.5. The molecule has 2 nitrogen and oxygen atoms in total. The van der Waals surface area contributed by atoms with Gasteiger partial charge in [-0.05, 0) is 37.3 Å². The van der Waals surface area contributed by atoms with Gasteiger partial charge in [-0.15, -0.1) is 0 Å². The van der Waals surface area contributed by atoms with E-state index in [1.807, 2.05) is 30.0 Å². The fourth-order valence-corrected chi connectivity index (χ4v) is 3.14. The van der Waals surface area contributed by atoms with Crippen LogP contribution in [0.25, 0.3) is 0 Å². The number of nitrogens with one attached hydrogen (secondary N) is 1. The molecular formula is C14H21ClN2S2. The van der Waals surface area contributed by atoms with Gasteiger partial charge in [0.05, 0.1) is 0 Å². The van der Waals surface area contributed by atoms with E-state index < -0.39 is 0 Å². The topological polar surface area (TPSA) is 38.0 Å². The van der Waals surface area contributed by atoms with Gasteiger partial charge in [0.2, 0.25) is 0 Å². The molecule has 0 bridgehead atoms. The minimum atomic E-state index is 0.232. The van der Waals surface area contributed by atoms with Gasteiger partial charge < -0.3 is 11.1 Å². The Balaban J connectivity index is 2.93. The molecule has 0 spiro atoms. The zero-order chi connectivity index (χ0) is 14.5. The molecule has 0 aliphatic carbocycles. The average Bonchev–Trinajstić information content (AvgIpc) is 2.40. The van der Waals surface area contributed by atoms with Crippen LogP contribution in [0.4, 0.5) is 5.69 Å². The van der Waals surface area contributed by atoms with Gasteiger partial charge in [-0.1, -0.05) is 37.7 Å². The summed E-state index contributed by atoms with van der Waals surface area (Å²) in [5, 5.41) is 4.14. The third kappa shape index (κ3) is 4.26. The highest BCUT2D eigenvalue weighted by molar-refractivity contribution is 8.00. The molecule has 0 heterocycles. The number of hydrogen-bond donors (Lipinski definition) is 2. The summed E-state index contributed by atoms with van der Waals surface area (Å²) in [5.74, 6) is 0. The Bertz CT molecular complexity index is 437. The first-order chi connectivity index (χ1) is 8.98. The second kappa shape index (κ2) is 7.36.